The molecule has 2 heterocycles. The Labute approximate surface area is 94.2 Å². The van der Waals surface area contributed by atoms with E-state index in [9.17, 15) is 4.79 Å². The van der Waals surface area contributed by atoms with Gasteiger partial charge in [0.2, 0.25) is 0 Å². The smallest absolute Gasteiger partial charge is 0.346 e. The Morgan fingerprint density at radius 1 is 1.50 bits per heavy atom. The van der Waals surface area contributed by atoms with Crippen LogP contribution in [0, 0.1) is 0 Å². The van der Waals surface area contributed by atoms with Gasteiger partial charge < -0.3 is 9.64 Å². The number of morpholine rings is 1. The minimum Gasteiger partial charge on any atom is -0.378 e. The van der Waals surface area contributed by atoms with Gasteiger partial charge in [0.15, 0.2) is 0 Å². The Kier molecular flexibility index (Phi) is 3.51. The summed E-state index contributed by atoms with van der Waals surface area (Å²) >= 11 is 0. The van der Waals surface area contributed by atoms with Crippen molar-refractivity contribution in [1.29, 1.82) is 0 Å². The molecule has 0 bridgehead atoms. The highest BCUT2D eigenvalue weighted by Crippen LogP contribution is 2.02. The summed E-state index contributed by atoms with van der Waals surface area (Å²) in [7, 11) is 0. The summed E-state index contributed by atoms with van der Waals surface area (Å²) in [4.78, 5) is 13.7. The number of carbonyl (C=O) groups is 1. The third kappa shape index (κ3) is 2.38. The van der Waals surface area contributed by atoms with Crippen LogP contribution in [0.15, 0.2) is 6.20 Å². The fraction of sp³-hybridized carbons (Fsp3) is 0.700. The van der Waals surface area contributed by atoms with Gasteiger partial charge in [-0.3, -0.25) is 0 Å². The first-order chi connectivity index (χ1) is 7.81. The van der Waals surface area contributed by atoms with Gasteiger partial charge in [0.25, 0.3) is 0 Å². The minimum absolute atomic E-state index is 0.113. The van der Waals surface area contributed by atoms with Crippen LogP contribution in [0.3, 0.4) is 0 Å². The van der Waals surface area contributed by atoms with E-state index in [0.29, 0.717) is 26.3 Å². The van der Waals surface area contributed by atoms with Crippen LogP contribution in [0.2, 0.25) is 0 Å². The first-order valence-corrected chi connectivity index (χ1v) is 5.59. The van der Waals surface area contributed by atoms with Crippen molar-refractivity contribution in [3.8, 4) is 0 Å². The standard InChI is InChI=1S/C10H16N4O2/c1-2-3-9-8-14(12-11-9)10(15)13-4-6-16-7-5-13/h8H,2-7H2,1H3. The van der Waals surface area contributed by atoms with E-state index in [1.54, 1.807) is 11.1 Å². The van der Waals surface area contributed by atoms with Gasteiger partial charge in [0.1, 0.15) is 0 Å². The second-order valence-corrected chi connectivity index (χ2v) is 3.79. The maximum absolute atomic E-state index is 11.9. The molecule has 0 spiro atoms. The van der Waals surface area contributed by atoms with Crippen molar-refractivity contribution in [3.05, 3.63) is 11.9 Å². The largest absolute Gasteiger partial charge is 0.378 e. The van der Waals surface area contributed by atoms with E-state index in [4.69, 9.17) is 4.74 Å². The van der Waals surface area contributed by atoms with Crippen LogP contribution < -0.4 is 0 Å². The predicted octanol–water partition coefficient (Wildman–Crippen LogP) is 0.531. The molecule has 1 amide bonds. The normalized spacial score (nSPS) is 16.4. The highest BCUT2D eigenvalue weighted by Gasteiger charge is 2.19. The molecule has 0 aromatic carbocycles. The minimum atomic E-state index is -0.113. The molecule has 1 fully saturated rings. The summed E-state index contributed by atoms with van der Waals surface area (Å²) in [5.74, 6) is 0. The topological polar surface area (TPSA) is 60.2 Å². The lowest BCUT2D eigenvalue weighted by atomic mass is 10.3. The molecule has 0 radical (unpaired) electrons. The molecule has 0 aliphatic carbocycles. The Hall–Kier alpha value is -1.43. The molecule has 0 saturated carbocycles. The quantitative estimate of drug-likeness (QED) is 0.735. The third-order valence-electron chi connectivity index (χ3n) is 2.52. The van der Waals surface area contributed by atoms with Gasteiger partial charge in [-0.1, -0.05) is 18.6 Å². The van der Waals surface area contributed by atoms with E-state index in [2.05, 4.69) is 17.2 Å². The van der Waals surface area contributed by atoms with Gasteiger partial charge in [-0.05, 0) is 6.42 Å². The van der Waals surface area contributed by atoms with Gasteiger partial charge in [0, 0.05) is 13.1 Å². The number of nitrogens with zero attached hydrogens (tertiary/aromatic N) is 4. The zero-order valence-corrected chi connectivity index (χ0v) is 9.43. The van der Waals surface area contributed by atoms with Crippen molar-refractivity contribution in [2.24, 2.45) is 0 Å². The molecule has 0 N–H and O–H groups in total. The first-order valence-electron chi connectivity index (χ1n) is 5.59. The highest BCUT2D eigenvalue weighted by molar-refractivity contribution is 5.75. The number of carbonyl (C=O) groups excluding carboxylic acids is 1. The lowest BCUT2D eigenvalue weighted by Gasteiger charge is -2.25. The number of rotatable bonds is 2. The number of hydrogen-bond acceptors (Lipinski definition) is 4. The summed E-state index contributed by atoms with van der Waals surface area (Å²) in [6.07, 6.45) is 3.57. The van der Waals surface area contributed by atoms with Crippen molar-refractivity contribution >= 4 is 6.03 Å². The maximum Gasteiger partial charge on any atom is 0.346 e. The van der Waals surface area contributed by atoms with Gasteiger partial charge in [-0.2, -0.15) is 4.68 Å². The van der Waals surface area contributed by atoms with Gasteiger partial charge in [-0.15, -0.1) is 5.10 Å². The molecule has 0 atom stereocenters. The average Bonchev–Trinajstić information content (AvgIpc) is 2.78. The molecule has 1 saturated heterocycles. The fourth-order valence-corrected chi connectivity index (χ4v) is 1.66. The second kappa shape index (κ2) is 5.07. The van der Waals surface area contributed by atoms with Gasteiger partial charge in [-0.25, -0.2) is 4.79 Å². The summed E-state index contributed by atoms with van der Waals surface area (Å²) in [6.45, 7) is 4.52. The lowest BCUT2D eigenvalue weighted by Crippen LogP contribution is -2.43. The Morgan fingerprint density at radius 3 is 2.94 bits per heavy atom. The SMILES string of the molecule is CCCc1cn(C(=O)N2CCOCC2)nn1. The van der Waals surface area contributed by atoms with Crippen molar-refractivity contribution in [2.75, 3.05) is 26.3 Å². The Morgan fingerprint density at radius 2 is 2.25 bits per heavy atom. The zero-order chi connectivity index (χ0) is 11.4. The van der Waals surface area contributed by atoms with E-state index >= 15 is 0 Å². The van der Waals surface area contributed by atoms with Gasteiger partial charge in [0.05, 0.1) is 25.1 Å². The van der Waals surface area contributed by atoms with Crippen molar-refractivity contribution in [2.45, 2.75) is 19.8 Å². The van der Waals surface area contributed by atoms with E-state index in [1.165, 1.54) is 4.68 Å². The predicted molar refractivity (Wildman–Crippen MR) is 57.2 cm³/mol. The van der Waals surface area contributed by atoms with Gasteiger partial charge >= 0.3 is 6.03 Å². The van der Waals surface area contributed by atoms with Crippen molar-refractivity contribution < 1.29 is 9.53 Å². The van der Waals surface area contributed by atoms with Crippen LogP contribution in [0.4, 0.5) is 4.79 Å². The zero-order valence-electron chi connectivity index (χ0n) is 9.43. The van der Waals surface area contributed by atoms with E-state index in [1.807, 2.05) is 0 Å². The van der Waals surface area contributed by atoms with E-state index < -0.39 is 0 Å². The van der Waals surface area contributed by atoms with Crippen LogP contribution in [0.1, 0.15) is 19.0 Å². The number of hydrogen-bond donors (Lipinski definition) is 0. The molecule has 1 aromatic rings. The van der Waals surface area contributed by atoms with Crippen LogP contribution in [-0.2, 0) is 11.2 Å². The molecular formula is C10H16N4O2. The molecule has 16 heavy (non-hydrogen) atoms. The number of amides is 1. The van der Waals surface area contributed by atoms with E-state index in [-0.39, 0.29) is 6.03 Å². The molecule has 1 aliphatic rings. The molecule has 2 rings (SSSR count). The molecule has 6 heteroatoms. The summed E-state index contributed by atoms with van der Waals surface area (Å²) in [5.41, 5.74) is 0.865. The average molecular weight is 224 g/mol. The Bertz CT molecular complexity index is 357. The van der Waals surface area contributed by atoms with Crippen LogP contribution in [-0.4, -0.2) is 52.2 Å². The molecular weight excluding hydrogens is 208 g/mol. The maximum atomic E-state index is 11.9. The monoisotopic (exact) mass is 224 g/mol. The molecule has 1 aromatic heterocycles. The van der Waals surface area contributed by atoms with Crippen LogP contribution in [0.25, 0.3) is 0 Å². The number of aryl methyl sites for hydroxylation is 1. The second-order valence-electron chi connectivity index (χ2n) is 3.79. The molecule has 0 unspecified atom stereocenters. The molecule has 88 valence electrons. The van der Waals surface area contributed by atoms with Crippen molar-refractivity contribution in [3.63, 3.8) is 0 Å². The van der Waals surface area contributed by atoms with Crippen LogP contribution >= 0.6 is 0 Å². The fourth-order valence-electron chi connectivity index (χ4n) is 1.66. The van der Waals surface area contributed by atoms with E-state index in [0.717, 1.165) is 18.5 Å². The summed E-state index contributed by atoms with van der Waals surface area (Å²) in [5, 5.41) is 7.80. The Balaban J connectivity index is 2.01. The number of aromatic nitrogens is 3. The summed E-state index contributed by atoms with van der Waals surface area (Å²) in [6, 6.07) is -0.113. The molecule has 1 aliphatic heterocycles. The number of ether oxygens (including phenoxy) is 1. The molecule has 6 nitrogen and oxygen atoms in total. The first kappa shape index (κ1) is 11.1. The third-order valence-corrected chi connectivity index (χ3v) is 2.52. The van der Waals surface area contributed by atoms with Crippen LogP contribution in [0.5, 0.6) is 0 Å². The van der Waals surface area contributed by atoms with Crippen molar-refractivity contribution in [1.82, 2.24) is 19.9 Å². The summed E-state index contributed by atoms with van der Waals surface area (Å²) < 4.78 is 6.51. The highest BCUT2D eigenvalue weighted by atomic mass is 16.5. The lowest BCUT2D eigenvalue weighted by molar-refractivity contribution is 0.0527.